The lowest BCUT2D eigenvalue weighted by molar-refractivity contribution is -0.139. The maximum atomic E-state index is 12.8. The summed E-state index contributed by atoms with van der Waals surface area (Å²) in [6, 6.07) is 0.266. The Hall–Kier alpha value is -2.15. The maximum Gasteiger partial charge on any atom is 0.317 e. The van der Waals surface area contributed by atoms with Crippen molar-refractivity contribution in [2.24, 2.45) is 5.92 Å². The lowest BCUT2D eigenvalue weighted by Crippen LogP contribution is -2.55. The summed E-state index contributed by atoms with van der Waals surface area (Å²) in [5.41, 5.74) is 2.68. The minimum atomic E-state index is -0.795. The van der Waals surface area contributed by atoms with Crippen LogP contribution in [0.1, 0.15) is 78.1 Å². The Morgan fingerprint density at radius 2 is 1.93 bits per heavy atom. The van der Waals surface area contributed by atoms with Crippen LogP contribution in [0.3, 0.4) is 0 Å². The number of aliphatic carboxylic acids is 1. The van der Waals surface area contributed by atoms with Gasteiger partial charge in [-0.1, -0.05) is 13.3 Å². The number of hydrogen-bond donors (Lipinski definition) is 3. The number of aromatic amines is 1. The van der Waals surface area contributed by atoms with Crippen LogP contribution in [-0.4, -0.2) is 57.8 Å². The van der Waals surface area contributed by atoms with Crippen LogP contribution < -0.4 is 5.32 Å². The molecule has 0 aliphatic heterocycles. The van der Waals surface area contributed by atoms with Crippen LogP contribution in [0.4, 0.5) is 0 Å². The number of H-pyrrole nitrogens is 1. The van der Waals surface area contributed by atoms with Crippen LogP contribution in [0.2, 0.25) is 0 Å². The van der Waals surface area contributed by atoms with Crippen molar-refractivity contribution in [3.8, 4) is 0 Å². The smallest absolute Gasteiger partial charge is 0.317 e. The Balaban J connectivity index is 1.61. The first kappa shape index (κ1) is 20.6. The summed E-state index contributed by atoms with van der Waals surface area (Å²) in [6.45, 7) is 6.30. The van der Waals surface area contributed by atoms with E-state index in [4.69, 9.17) is 5.11 Å². The summed E-state index contributed by atoms with van der Waals surface area (Å²) in [6.07, 6.45) is 5.46. The molecule has 7 nitrogen and oxygen atoms in total. The van der Waals surface area contributed by atoms with E-state index in [1.54, 1.807) is 0 Å². The van der Waals surface area contributed by atoms with Crippen molar-refractivity contribution in [1.82, 2.24) is 15.2 Å². The third-order valence-electron chi connectivity index (χ3n) is 5.86. The van der Waals surface area contributed by atoms with Gasteiger partial charge >= 0.3 is 5.97 Å². The Morgan fingerprint density at radius 1 is 1.25 bits per heavy atom. The van der Waals surface area contributed by atoms with Gasteiger partial charge in [0.2, 0.25) is 0 Å². The summed E-state index contributed by atoms with van der Waals surface area (Å²) in [4.78, 5) is 41.1. The molecule has 0 radical (unpaired) electrons. The molecule has 0 bridgehead atoms. The predicted molar refractivity (Wildman–Crippen MR) is 106 cm³/mol. The Morgan fingerprint density at radius 3 is 2.46 bits per heavy atom. The van der Waals surface area contributed by atoms with E-state index in [9.17, 15) is 14.4 Å². The number of carboxylic acid groups (broad SMARTS) is 1. The van der Waals surface area contributed by atoms with Crippen molar-refractivity contribution >= 4 is 17.7 Å². The fraction of sp³-hybridized carbons (Fsp3) is 0.667. The highest BCUT2D eigenvalue weighted by Crippen LogP contribution is 2.34. The number of nitrogens with zero attached hydrogens (tertiary/aromatic N) is 1. The highest BCUT2D eigenvalue weighted by Gasteiger charge is 2.38. The molecule has 1 heterocycles. The first-order valence-electron chi connectivity index (χ1n) is 10.3. The van der Waals surface area contributed by atoms with Gasteiger partial charge in [-0.15, -0.1) is 0 Å². The van der Waals surface area contributed by atoms with Crippen LogP contribution in [0.25, 0.3) is 0 Å². The molecule has 3 rings (SSSR count). The molecular weight excluding hydrogens is 358 g/mol. The number of carbonyl (C=O) groups excluding carboxylic acids is 2. The van der Waals surface area contributed by atoms with Crippen LogP contribution in [-0.2, 0) is 11.2 Å². The summed E-state index contributed by atoms with van der Waals surface area (Å²) in [5, 5.41) is 12.2. The van der Waals surface area contributed by atoms with E-state index >= 15 is 0 Å². The van der Waals surface area contributed by atoms with Crippen molar-refractivity contribution in [3.05, 3.63) is 22.5 Å². The van der Waals surface area contributed by atoms with Crippen LogP contribution in [0.5, 0.6) is 0 Å². The molecule has 0 spiro atoms. The molecule has 28 heavy (non-hydrogen) atoms. The third-order valence-corrected chi connectivity index (χ3v) is 5.86. The first-order valence-corrected chi connectivity index (χ1v) is 10.3. The number of aromatic nitrogens is 1. The number of carboxylic acids is 1. The largest absolute Gasteiger partial charge is 0.480 e. The maximum absolute atomic E-state index is 12.8. The van der Waals surface area contributed by atoms with E-state index in [0.717, 1.165) is 37.1 Å². The molecule has 0 unspecified atom stereocenters. The van der Waals surface area contributed by atoms with Crippen molar-refractivity contribution in [2.45, 2.75) is 71.4 Å². The van der Waals surface area contributed by atoms with E-state index in [-0.39, 0.29) is 30.3 Å². The number of Topliss-reactive ketones (excluding diaryl/α,β-unsaturated/α-hetero) is 1. The van der Waals surface area contributed by atoms with Crippen LogP contribution in [0, 0.1) is 12.8 Å². The quantitative estimate of drug-likeness (QED) is 0.534. The van der Waals surface area contributed by atoms with Crippen molar-refractivity contribution in [3.63, 3.8) is 0 Å². The van der Waals surface area contributed by atoms with Gasteiger partial charge in [0.25, 0.3) is 5.91 Å². The zero-order chi connectivity index (χ0) is 20.4. The van der Waals surface area contributed by atoms with Crippen molar-refractivity contribution in [2.75, 3.05) is 13.1 Å². The molecule has 0 aromatic carbocycles. The molecule has 2 saturated carbocycles. The van der Waals surface area contributed by atoms with Gasteiger partial charge in [0.1, 0.15) is 5.69 Å². The zero-order valence-electron chi connectivity index (χ0n) is 17.0. The van der Waals surface area contributed by atoms with Gasteiger partial charge in [0.15, 0.2) is 5.78 Å². The van der Waals surface area contributed by atoms with Gasteiger partial charge in [-0.25, -0.2) is 0 Å². The topological polar surface area (TPSA) is 102 Å². The molecule has 0 saturated heterocycles. The SMILES string of the molecule is CCCc1c(C(=O)NC2CC(N(CC(=O)O)CC3CC3)C2)[nH]c(C)c1C(C)=O. The third kappa shape index (κ3) is 4.63. The summed E-state index contributed by atoms with van der Waals surface area (Å²) >= 11 is 0. The van der Waals surface area contributed by atoms with Gasteiger partial charge < -0.3 is 15.4 Å². The zero-order valence-corrected chi connectivity index (χ0v) is 17.0. The summed E-state index contributed by atoms with van der Waals surface area (Å²) < 4.78 is 0. The van der Waals surface area contributed by atoms with Gasteiger partial charge in [0, 0.05) is 29.9 Å². The first-order chi connectivity index (χ1) is 13.3. The Kier molecular flexibility index (Phi) is 6.23. The van der Waals surface area contributed by atoms with Gasteiger partial charge in [0.05, 0.1) is 6.54 Å². The average Bonchev–Trinajstić information content (AvgIpc) is 3.31. The Bertz CT molecular complexity index is 760. The highest BCUT2D eigenvalue weighted by molar-refractivity contribution is 6.02. The number of amides is 1. The molecule has 1 aromatic heterocycles. The number of rotatable bonds is 10. The molecule has 2 aliphatic carbocycles. The second-order valence-electron chi connectivity index (χ2n) is 8.35. The van der Waals surface area contributed by atoms with E-state index in [1.165, 1.54) is 19.8 Å². The monoisotopic (exact) mass is 389 g/mol. The van der Waals surface area contributed by atoms with Gasteiger partial charge in [-0.2, -0.15) is 0 Å². The molecule has 1 aromatic rings. The van der Waals surface area contributed by atoms with Gasteiger partial charge in [-0.05, 0) is 57.4 Å². The van der Waals surface area contributed by atoms with E-state index in [2.05, 4.69) is 15.2 Å². The molecular formula is C21H31N3O4. The van der Waals surface area contributed by atoms with Crippen molar-refractivity contribution < 1.29 is 19.5 Å². The highest BCUT2D eigenvalue weighted by atomic mass is 16.4. The molecule has 0 atom stereocenters. The lowest BCUT2D eigenvalue weighted by Gasteiger charge is -2.42. The molecule has 2 fully saturated rings. The number of aryl methyl sites for hydroxylation is 1. The normalized spacial score (nSPS) is 21.4. The summed E-state index contributed by atoms with van der Waals surface area (Å²) in [5.74, 6) is -0.355. The van der Waals surface area contributed by atoms with E-state index in [0.29, 0.717) is 23.6 Å². The number of nitrogens with one attached hydrogen (secondary N) is 2. The minimum absolute atomic E-state index is 0.0238. The standard InChI is InChI=1S/C21H31N3O4/c1-4-5-17-19(13(3)25)12(2)22-20(17)21(28)23-15-8-16(9-15)24(11-18(26)27)10-14-6-7-14/h14-16,22H,4-11H2,1-3H3,(H,23,28)(H,26,27). The lowest BCUT2D eigenvalue weighted by atomic mass is 9.85. The van der Waals surface area contributed by atoms with E-state index in [1.807, 2.05) is 13.8 Å². The molecule has 154 valence electrons. The number of ketones is 1. The fourth-order valence-corrected chi connectivity index (χ4v) is 4.26. The molecule has 7 heteroatoms. The second kappa shape index (κ2) is 8.47. The fourth-order valence-electron chi connectivity index (χ4n) is 4.26. The van der Waals surface area contributed by atoms with Crippen LogP contribution in [0.15, 0.2) is 0 Å². The van der Waals surface area contributed by atoms with Gasteiger partial charge in [-0.3, -0.25) is 19.3 Å². The minimum Gasteiger partial charge on any atom is -0.480 e. The second-order valence-corrected chi connectivity index (χ2v) is 8.35. The molecule has 2 aliphatic rings. The number of carbonyl (C=O) groups is 3. The molecule has 1 amide bonds. The van der Waals surface area contributed by atoms with Crippen molar-refractivity contribution in [1.29, 1.82) is 0 Å². The average molecular weight is 389 g/mol. The Labute approximate surface area is 165 Å². The molecule has 3 N–H and O–H groups in total. The van der Waals surface area contributed by atoms with E-state index < -0.39 is 5.97 Å². The predicted octanol–water partition coefficient (Wildman–Crippen LogP) is 2.54. The van der Waals surface area contributed by atoms with Crippen LogP contribution >= 0.6 is 0 Å². The number of hydrogen-bond acceptors (Lipinski definition) is 4. The summed E-state index contributed by atoms with van der Waals surface area (Å²) in [7, 11) is 0.